The maximum absolute atomic E-state index is 11.2. The van der Waals surface area contributed by atoms with E-state index in [-0.39, 0.29) is 5.78 Å². The highest BCUT2D eigenvalue weighted by Crippen LogP contribution is 1.99. The molecule has 0 fully saturated rings. The molecule has 11 heavy (non-hydrogen) atoms. The summed E-state index contributed by atoms with van der Waals surface area (Å²) in [6.45, 7) is 0.393. The van der Waals surface area contributed by atoms with Gasteiger partial charge in [0.05, 0.1) is 12.5 Å². The predicted octanol–water partition coefficient (Wildman–Crippen LogP) is -0.0484. The molecule has 0 saturated heterocycles. The Balaban J connectivity index is 2.76. The van der Waals surface area contributed by atoms with E-state index in [1.807, 2.05) is 0 Å². The van der Waals surface area contributed by atoms with Gasteiger partial charge in [0.15, 0.2) is 5.78 Å². The van der Waals surface area contributed by atoms with Gasteiger partial charge >= 0.3 is 0 Å². The van der Waals surface area contributed by atoms with E-state index < -0.39 is 0 Å². The van der Waals surface area contributed by atoms with Crippen molar-refractivity contribution in [1.29, 1.82) is 0 Å². The number of rotatable bonds is 3. The summed E-state index contributed by atoms with van der Waals surface area (Å²) in [5.41, 5.74) is 5.86. The zero-order valence-corrected chi connectivity index (χ0v) is 6.45. The van der Waals surface area contributed by atoms with Crippen molar-refractivity contribution in [3.63, 3.8) is 0 Å². The number of carbonyl (C=O) groups is 1. The number of carbonyl (C=O) groups excluding carboxylic acids is 1. The largest absolute Gasteiger partial charge is 0.331 e. The Morgan fingerprint density at radius 3 is 3.00 bits per heavy atom. The quantitative estimate of drug-likeness (QED) is 0.619. The fourth-order valence-corrected chi connectivity index (χ4v) is 0.885. The second-order valence-corrected chi connectivity index (χ2v) is 2.35. The number of hydrogen-bond acceptors (Lipinski definition) is 3. The van der Waals surface area contributed by atoms with Crippen LogP contribution in [0.25, 0.3) is 0 Å². The first-order chi connectivity index (χ1) is 5.25. The van der Waals surface area contributed by atoms with E-state index >= 15 is 0 Å². The molecule has 2 N–H and O–H groups in total. The number of hydrogen-bond donors (Lipinski definition) is 1. The Morgan fingerprint density at radius 2 is 2.55 bits per heavy atom. The summed E-state index contributed by atoms with van der Waals surface area (Å²) in [7, 11) is 1.79. The molecule has 0 saturated carbocycles. The smallest absolute Gasteiger partial charge is 0.182 e. The van der Waals surface area contributed by atoms with Gasteiger partial charge in [-0.3, -0.25) is 4.79 Å². The zero-order chi connectivity index (χ0) is 8.27. The molecule has 0 aliphatic rings. The maximum Gasteiger partial charge on any atom is 0.182 e. The highest BCUT2D eigenvalue weighted by atomic mass is 16.1. The van der Waals surface area contributed by atoms with Gasteiger partial charge in [0, 0.05) is 13.5 Å². The number of nitrogens with two attached hydrogens (primary N) is 1. The third-order valence-electron chi connectivity index (χ3n) is 1.47. The van der Waals surface area contributed by atoms with Gasteiger partial charge in [0.2, 0.25) is 0 Å². The molecule has 1 aromatic rings. The second kappa shape index (κ2) is 3.30. The van der Waals surface area contributed by atoms with Gasteiger partial charge in [-0.05, 0) is 6.54 Å². The van der Waals surface area contributed by atoms with Crippen LogP contribution in [-0.2, 0) is 7.05 Å². The molecule has 0 amide bonds. The van der Waals surface area contributed by atoms with Crippen molar-refractivity contribution < 1.29 is 4.79 Å². The van der Waals surface area contributed by atoms with Crippen molar-refractivity contribution in [2.24, 2.45) is 12.8 Å². The predicted molar refractivity (Wildman–Crippen MR) is 41.2 cm³/mol. The van der Waals surface area contributed by atoms with Crippen molar-refractivity contribution in [2.45, 2.75) is 6.42 Å². The topological polar surface area (TPSA) is 60.9 Å². The molecule has 0 radical (unpaired) electrons. The lowest BCUT2D eigenvalue weighted by molar-refractivity contribution is 0.0977. The number of aryl methyl sites for hydroxylation is 1. The van der Waals surface area contributed by atoms with Crippen LogP contribution in [0.3, 0.4) is 0 Å². The minimum absolute atomic E-state index is 0.0486. The SMILES string of the molecule is Cn1cncc1C(=O)CCN. The Labute approximate surface area is 65.0 Å². The van der Waals surface area contributed by atoms with Crippen molar-refractivity contribution in [3.8, 4) is 0 Å². The molecule has 0 unspecified atom stereocenters. The molecule has 1 aromatic heterocycles. The molecule has 4 heteroatoms. The summed E-state index contributed by atoms with van der Waals surface area (Å²) in [4.78, 5) is 15.0. The van der Waals surface area contributed by atoms with E-state index in [1.54, 1.807) is 24.1 Å². The summed E-state index contributed by atoms with van der Waals surface area (Å²) in [6, 6.07) is 0. The first kappa shape index (κ1) is 7.94. The van der Waals surface area contributed by atoms with Gasteiger partial charge in [-0.15, -0.1) is 0 Å². The maximum atomic E-state index is 11.2. The van der Waals surface area contributed by atoms with Crippen molar-refractivity contribution >= 4 is 5.78 Å². The molecule has 0 bridgehead atoms. The average Bonchev–Trinajstić information content (AvgIpc) is 2.36. The number of imidazole rings is 1. The highest BCUT2D eigenvalue weighted by molar-refractivity contribution is 5.94. The molecular formula is C7H11N3O. The van der Waals surface area contributed by atoms with Crippen molar-refractivity contribution in [1.82, 2.24) is 9.55 Å². The van der Waals surface area contributed by atoms with Gasteiger partial charge in [-0.25, -0.2) is 4.98 Å². The summed E-state index contributed by atoms with van der Waals surface area (Å²) in [5.74, 6) is 0.0486. The molecule has 4 nitrogen and oxygen atoms in total. The summed E-state index contributed by atoms with van der Waals surface area (Å²) in [5, 5.41) is 0. The summed E-state index contributed by atoms with van der Waals surface area (Å²) >= 11 is 0. The monoisotopic (exact) mass is 153 g/mol. The first-order valence-corrected chi connectivity index (χ1v) is 3.45. The van der Waals surface area contributed by atoms with Crippen LogP contribution in [0.1, 0.15) is 16.9 Å². The van der Waals surface area contributed by atoms with Gasteiger partial charge in [0.1, 0.15) is 5.69 Å². The standard InChI is InChI=1S/C7H11N3O/c1-10-5-9-4-6(10)7(11)2-3-8/h4-5H,2-3,8H2,1H3. The van der Waals surface area contributed by atoms with Crippen molar-refractivity contribution in [3.05, 3.63) is 18.2 Å². The molecule has 0 aliphatic carbocycles. The lowest BCUT2D eigenvalue weighted by Crippen LogP contribution is -2.11. The van der Waals surface area contributed by atoms with Gasteiger partial charge < -0.3 is 10.3 Å². The van der Waals surface area contributed by atoms with E-state index in [4.69, 9.17) is 5.73 Å². The van der Waals surface area contributed by atoms with E-state index in [0.29, 0.717) is 18.7 Å². The van der Waals surface area contributed by atoms with Crippen LogP contribution in [0.5, 0.6) is 0 Å². The molecule has 0 aromatic carbocycles. The number of Topliss-reactive ketones (excluding diaryl/α,β-unsaturated/α-hetero) is 1. The molecule has 0 atom stereocenters. The minimum Gasteiger partial charge on any atom is -0.331 e. The lowest BCUT2D eigenvalue weighted by atomic mass is 10.2. The van der Waals surface area contributed by atoms with Crippen LogP contribution < -0.4 is 5.73 Å². The number of nitrogens with zero attached hydrogens (tertiary/aromatic N) is 2. The average molecular weight is 153 g/mol. The molecule has 60 valence electrons. The van der Waals surface area contributed by atoms with Crippen LogP contribution in [-0.4, -0.2) is 21.9 Å². The Kier molecular flexibility index (Phi) is 2.38. The van der Waals surface area contributed by atoms with Crippen LogP contribution in [0.4, 0.5) is 0 Å². The lowest BCUT2D eigenvalue weighted by Gasteiger charge is -1.97. The van der Waals surface area contributed by atoms with Crippen LogP contribution in [0.2, 0.25) is 0 Å². The van der Waals surface area contributed by atoms with Gasteiger partial charge in [-0.1, -0.05) is 0 Å². The van der Waals surface area contributed by atoms with Crippen LogP contribution >= 0.6 is 0 Å². The van der Waals surface area contributed by atoms with Gasteiger partial charge in [0.25, 0.3) is 0 Å². The molecule has 0 aliphatic heterocycles. The third-order valence-corrected chi connectivity index (χ3v) is 1.47. The second-order valence-electron chi connectivity index (χ2n) is 2.35. The fourth-order valence-electron chi connectivity index (χ4n) is 0.885. The highest BCUT2D eigenvalue weighted by Gasteiger charge is 2.07. The van der Waals surface area contributed by atoms with Crippen molar-refractivity contribution in [2.75, 3.05) is 6.54 Å². The molecule has 1 rings (SSSR count). The zero-order valence-electron chi connectivity index (χ0n) is 6.45. The summed E-state index contributed by atoms with van der Waals surface area (Å²) < 4.78 is 1.69. The van der Waals surface area contributed by atoms with Gasteiger partial charge in [-0.2, -0.15) is 0 Å². The number of ketones is 1. The molecule has 1 heterocycles. The third kappa shape index (κ3) is 1.65. The fraction of sp³-hybridized carbons (Fsp3) is 0.429. The normalized spacial score (nSPS) is 10.0. The van der Waals surface area contributed by atoms with E-state index in [1.165, 1.54) is 0 Å². The van der Waals surface area contributed by atoms with E-state index in [0.717, 1.165) is 0 Å². The van der Waals surface area contributed by atoms with Crippen LogP contribution in [0.15, 0.2) is 12.5 Å². The number of aromatic nitrogens is 2. The Hall–Kier alpha value is -1.16. The first-order valence-electron chi connectivity index (χ1n) is 3.45. The van der Waals surface area contributed by atoms with E-state index in [2.05, 4.69) is 4.98 Å². The summed E-state index contributed by atoms with van der Waals surface area (Å²) in [6.07, 6.45) is 3.54. The van der Waals surface area contributed by atoms with Crippen LogP contribution in [0, 0.1) is 0 Å². The van der Waals surface area contributed by atoms with E-state index in [9.17, 15) is 4.79 Å². The molecule has 0 spiro atoms. The Bertz CT molecular complexity index is 254. The Morgan fingerprint density at radius 1 is 1.82 bits per heavy atom. The molecular weight excluding hydrogens is 142 g/mol. The minimum atomic E-state index is 0.0486.